The van der Waals surface area contributed by atoms with E-state index in [1.807, 2.05) is 0 Å². The second-order valence-corrected chi connectivity index (χ2v) is 7.46. The van der Waals surface area contributed by atoms with Gasteiger partial charge < -0.3 is 15.2 Å². The number of rotatable bonds is 6. The molecular formula is C19H30N4O2. The Balaban J connectivity index is 1.39. The highest BCUT2D eigenvalue weighted by Gasteiger charge is 2.32. The van der Waals surface area contributed by atoms with Gasteiger partial charge in [-0.15, -0.1) is 0 Å². The van der Waals surface area contributed by atoms with Crippen molar-refractivity contribution in [3.63, 3.8) is 0 Å². The van der Waals surface area contributed by atoms with Crippen LogP contribution in [0.25, 0.3) is 0 Å². The fraction of sp³-hybridized carbons (Fsp3) is 0.737. The van der Waals surface area contributed by atoms with Crippen LogP contribution in [0.2, 0.25) is 0 Å². The SMILES string of the molecule is Cc1nc(CCNC(=O)CC[C@@H]2CCCN3CCCC[C@H]23)cc(=O)[nH]1. The van der Waals surface area contributed by atoms with Crippen molar-refractivity contribution in [1.29, 1.82) is 0 Å². The van der Waals surface area contributed by atoms with E-state index in [9.17, 15) is 9.59 Å². The molecule has 2 aliphatic rings. The summed E-state index contributed by atoms with van der Waals surface area (Å²) in [6.07, 6.45) is 8.72. The highest BCUT2D eigenvalue weighted by atomic mass is 16.1. The first kappa shape index (κ1) is 18.1. The number of H-pyrrole nitrogens is 1. The van der Waals surface area contributed by atoms with Crippen molar-refractivity contribution in [3.8, 4) is 0 Å². The molecule has 2 N–H and O–H groups in total. The standard InChI is InChI=1S/C19H30N4O2/c1-14-21-16(13-19(25)22-14)9-10-20-18(24)8-7-15-5-4-12-23-11-3-2-6-17(15)23/h13,15,17H,2-12H2,1H3,(H,20,24)(H,21,22,25)/t15-,17+/m0/s1. The summed E-state index contributed by atoms with van der Waals surface area (Å²) in [7, 11) is 0. The van der Waals surface area contributed by atoms with Crippen LogP contribution in [0.3, 0.4) is 0 Å². The Hall–Kier alpha value is -1.69. The molecule has 0 aromatic carbocycles. The van der Waals surface area contributed by atoms with Crippen molar-refractivity contribution in [2.75, 3.05) is 19.6 Å². The lowest BCUT2D eigenvalue weighted by Crippen LogP contribution is -2.48. The van der Waals surface area contributed by atoms with Crippen molar-refractivity contribution in [2.24, 2.45) is 5.92 Å². The summed E-state index contributed by atoms with van der Waals surface area (Å²) in [6, 6.07) is 2.21. The maximum atomic E-state index is 12.2. The van der Waals surface area contributed by atoms with Crippen molar-refractivity contribution >= 4 is 5.91 Å². The number of carbonyl (C=O) groups excluding carboxylic acids is 1. The maximum Gasteiger partial charge on any atom is 0.251 e. The van der Waals surface area contributed by atoms with Gasteiger partial charge in [0.05, 0.1) is 0 Å². The highest BCUT2D eigenvalue weighted by Crippen LogP contribution is 2.33. The van der Waals surface area contributed by atoms with Crippen molar-refractivity contribution < 1.29 is 4.79 Å². The number of hydrogen-bond donors (Lipinski definition) is 2. The summed E-state index contributed by atoms with van der Waals surface area (Å²) in [6.45, 7) is 4.79. The monoisotopic (exact) mass is 346 g/mol. The van der Waals surface area contributed by atoms with E-state index in [4.69, 9.17) is 0 Å². The minimum absolute atomic E-state index is 0.120. The average Bonchev–Trinajstić information content (AvgIpc) is 2.59. The summed E-state index contributed by atoms with van der Waals surface area (Å²) in [4.78, 5) is 33.1. The minimum atomic E-state index is -0.136. The van der Waals surface area contributed by atoms with Crippen molar-refractivity contribution in [2.45, 2.75) is 64.3 Å². The fourth-order valence-corrected chi connectivity index (χ4v) is 4.42. The van der Waals surface area contributed by atoms with Crippen LogP contribution in [0.1, 0.15) is 56.5 Å². The van der Waals surface area contributed by atoms with Crippen LogP contribution in [-0.2, 0) is 11.2 Å². The molecule has 2 aliphatic heterocycles. The van der Waals surface area contributed by atoms with Gasteiger partial charge in [-0.2, -0.15) is 0 Å². The Morgan fingerprint density at radius 3 is 3.00 bits per heavy atom. The van der Waals surface area contributed by atoms with Crippen LogP contribution in [0.4, 0.5) is 0 Å². The zero-order valence-corrected chi connectivity index (χ0v) is 15.2. The molecule has 138 valence electrons. The van der Waals surface area contributed by atoms with Gasteiger partial charge in [-0.3, -0.25) is 9.59 Å². The normalized spacial score (nSPS) is 23.9. The van der Waals surface area contributed by atoms with E-state index in [1.54, 1.807) is 6.92 Å². The number of aromatic amines is 1. The van der Waals surface area contributed by atoms with E-state index in [2.05, 4.69) is 20.2 Å². The molecule has 0 spiro atoms. The number of aryl methyl sites for hydroxylation is 1. The predicted octanol–water partition coefficient (Wildman–Crippen LogP) is 1.78. The summed E-state index contributed by atoms with van der Waals surface area (Å²) < 4.78 is 0. The lowest BCUT2D eigenvalue weighted by molar-refractivity contribution is -0.121. The van der Waals surface area contributed by atoms with Gasteiger partial charge in [-0.05, 0) is 58.0 Å². The first-order valence-electron chi connectivity index (χ1n) is 9.69. The van der Waals surface area contributed by atoms with Crippen molar-refractivity contribution in [1.82, 2.24) is 20.2 Å². The molecule has 2 atom stereocenters. The molecule has 1 aromatic rings. The molecule has 0 radical (unpaired) electrons. The molecule has 6 nitrogen and oxygen atoms in total. The topological polar surface area (TPSA) is 78.1 Å². The number of fused-ring (bicyclic) bond motifs is 1. The number of carbonyl (C=O) groups is 1. The second kappa shape index (κ2) is 8.61. The van der Waals surface area contributed by atoms with E-state index < -0.39 is 0 Å². The smallest absolute Gasteiger partial charge is 0.251 e. The van der Waals surface area contributed by atoms with Gasteiger partial charge in [-0.25, -0.2) is 4.98 Å². The van der Waals surface area contributed by atoms with Gasteiger partial charge in [-0.1, -0.05) is 6.42 Å². The largest absolute Gasteiger partial charge is 0.356 e. The highest BCUT2D eigenvalue weighted by molar-refractivity contribution is 5.75. The van der Waals surface area contributed by atoms with Gasteiger partial charge in [0.25, 0.3) is 5.56 Å². The lowest BCUT2D eigenvalue weighted by Gasteiger charge is -2.44. The number of nitrogens with one attached hydrogen (secondary N) is 2. The Labute approximate surface area is 149 Å². The van der Waals surface area contributed by atoms with Crippen LogP contribution in [0, 0.1) is 12.8 Å². The average molecular weight is 346 g/mol. The van der Waals surface area contributed by atoms with Crippen LogP contribution >= 0.6 is 0 Å². The van der Waals surface area contributed by atoms with Gasteiger partial charge in [0.1, 0.15) is 5.82 Å². The summed E-state index contributed by atoms with van der Waals surface area (Å²) in [5.74, 6) is 1.41. The Bertz CT molecular complexity index is 641. The number of hydrogen-bond acceptors (Lipinski definition) is 4. The third kappa shape index (κ3) is 5.14. The van der Waals surface area contributed by atoms with Crippen LogP contribution in [0.5, 0.6) is 0 Å². The zero-order chi connectivity index (χ0) is 17.6. The molecule has 2 saturated heterocycles. The van der Waals surface area contributed by atoms with E-state index in [1.165, 1.54) is 51.3 Å². The van der Waals surface area contributed by atoms with E-state index in [0.717, 1.165) is 12.1 Å². The number of nitrogens with zero attached hydrogens (tertiary/aromatic N) is 2. The molecule has 3 heterocycles. The van der Waals surface area contributed by atoms with Gasteiger partial charge in [0.15, 0.2) is 0 Å². The van der Waals surface area contributed by atoms with Gasteiger partial charge >= 0.3 is 0 Å². The van der Waals surface area contributed by atoms with E-state index in [0.29, 0.717) is 37.2 Å². The third-order valence-electron chi connectivity index (χ3n) is 5.59. The number of amides is 1. The zero-order valence-electron chi connectivity index (χ0n) is 15.2. The van der Waals surface area contributed by atoms with Crippen LogP contribution in [0.15, 0.2) is 10.9 Å². The number of aromatic nitrogens is 2. The predicted molar refractivity (Wildman–Crippen MR) is 97.5 cm³/mol. The molecular weight excluding hydrogens is 316 g/mol. The fourth-order valence-electron chi connectivity index (χ4n) is 4.42. The minimum Gasteiger partial charge on any atom is -0.356 e. The van der Waals surface area contributed by atoms with Gasteiger partial charge in [0.2, 0.25) is 5.91 Å². The molecule has 6 heteroatoms. The molecule has 1 aromatic heterocycles. The Morgan fingerprint density at radius 2 is 2.16 bits per heavy atom. The van der Waals surface area contributed by atoms with Crippen molar-refractivity contribution in [3.05, 3.63) is 27.9 Å². The Morgan fingerprint density at radius 1 is 1.32 bits per heavy atom. The summed E-state index contributed by atoms with van der Waals surface area (Å²) >= 11 is 0. The van der Waals surface area contributed by atoms with Crippen LogP contribution in [-0.4, -0.2) is 46.5 Å². The van der Waals surface area contributed by atoms with E-state index in [-0.39, 0.29) is 11.5 Å². The molecule has 3 rings (SSSR count). The number of piperidine rings is 2. The molecule has 1 amide bonds. The lowest BCUT2D eigenvalue weighted by atomic mass is 9.81. The Kier molecular flexibility index (Phi) is 6.24. The van der Waals surface area contributed by atoms with E-state index >= 15 is 0 Å². The van der Waals surface area contributed by atoms with Crippen LogP contribution < -0.4 is 10.9 Å². The summed E-state index contributed by atoms with van der Waals surface area (Å²) in [5.41, 5.74) is 0.592. The maximum absolute atomic E-state index is 12.2. The molecule has 2 fully saturated rings. The molecule has 25 heavy (non-hydrogen) atoms. The second-order valence-electron chi connectivity index (χ2n) is 7.46. The molecule has 0 bridgehead atoms. The molecule has 0 saturated carbocycles. The van der Waals surface area contributed by atoms with Gasteiger partial charge in [0, 0.05) is 37.2 Å². The molecule has 0 unspecified atom stereocenters. The first-order chi connectivity index (χ1) is 12.1. The third-order valence-corrected chi connectivity index (χ3v) is 5.59. The quantitative estimate of drug-likeness (QED) is 0.823. The first-order valence-corrected chi connectivity index (χ1v) is 9.69. The summed E-state index contributed by atoms with van der Waals surface area (Å²) in [5, 5.41) is 2.98. The molecule has 0 aliphatic carbocycles.